The van der Waals surface area contributed by atoms with Crippen LogP contribution in [0, 0.1) is 6.92 Å². The first kappa shape index (κ1) is 19.7. The SMILES string of the molecule is Cc1cccc(S(=O)(=O)Nc2ccc(Nc3ccc(OC(C)C)cc3)cn2)c1. The number of anilines is 3. The molecule has 3 aromatic rings. The van der Waals surface area contributed by atoms with E-state index in [0.717, 1.165) is 22.7 Å². The van der Waals surface area contributed by atoms with Gasteiger partial charge in [0.2, 0.25) is 0 Å². The third-order valence-electron chi connectivity index (χ3n) is 3.82. The molecule has 6 nitrogen and oxygen atoms in total. The van der Waals surface area contributed by atoms with Crippen molar-refractivity contribution in [3.8, 4) is 5.75 Å². The van der Waals surface area contributed by atoms with E-state index in [4.69, 9.17) is 4.74 Å². The Hall–Kier alpha value is -3.06. The van der Waals surface area contributed by atoms with Gasteiger partial charge in [-0.2, -0.15) is 0 Å². The van der Waals surface area contributed by atoms with E-state index in [1.165, 1.54) is 0 Å². The maximum Gasteiger partial charge on any atom is 0.263 e. The van der Waals surface area contributed by atoms with Crippen LogP contribution in [-0.2, 0) is 10.0 Å². The van der Waals surface area contributed by atoms with E-state index in [0.29, 0.717) is 0 Å². The molecule has 2 aromatic carbocycles. The summed E-state index contributed by atoms with van der Waals surface area (Å²) in [5.41, 5.74) is 2.50. The number of hydrogen-bond donors (Lipinski definition) is 2. The number of rotatable bonds is 7. The van der Waals surface area contributed by atoms with Crippen LogP contribution in [0.1, 0.15) is 19.4 Å². The summed E-state index contributed by atoms with van der Waals surface area (Å²) in [4.78, 5) is 4.40. The van der Waals surface area contributed by atoms with E-state index in [9.17, 15) is 8.42 Å². The lowest BCUT2D eigenvalue weighted by atomic mass is 10.2. The van der Waals surface area contributed by atoms with Crippen molar-refractivity contribution >= 4 is 27.2 Å². The van der Waals surface area contributed by atoms with E-state index in [-0.39, 0.29) is 16.8 Å². The average Bonchev–Trinajstić information content (AvgIpc) is 2.64. The maximum atomic E-state index is 12.5. The van der Waals surface area contributed by atoms with Crippen LogP contribution in [0.4, 0.5) is 17.2 Å². The second-order valence-electron chi connectivity index (χ2n) is 6.67. The van der Waals surface area contributed by atoms with Gasteiger partial charge in [-0.15, -0.1) is 0 Å². The lowest BCUT2D eigenvalue weighted by Gasteiger charge is -2.12. The molecule has 0 atom stereocenters. The summed E-state index contributed by atoms with van der Waals surface area (Å²) >= 11 is 0. The Morgan fingerprint density at radius 2 is 1.68 bits per heavy atom. The van der Waals surface area contributed by atoms with Gasteiger partial charge >= 0.3 is 0 Å². The van der Waals surface area contributed by atoms with Crippen LogP contribution < -0.4 is 14.8 Å². The first-order valence-corrected chi connectivity index (χ1v) is 10.4. The summed E-state index contributed by atoms with van der Waals surface area (Å²) in [6, 6.07) is 17.7. The minimum atomic E-state index is -3.67. The summed E-state index contributed by atoms with van der Waals surface area (Å²) in [7, 11) is -3.67. The smallest absolute Gasteiger partial charge is 0.263 e. The van der Waals surface area contributed by atoms with E-state index < -0.39 is 10.0 Å². The molecule has 0 aliphatic heterocycles. The highest BCUT2D eigenvalue weighted by Crippen LogP contribution is 2.22. The Kier molecular flexibility index (Phi) is 5.84. The van der Waals surface area contributed by atoms with Crippen molar-refractivity contribution in [2.24, 2.45) is 0 Å². The van der Waals surface area contributed by atoms with Gasteiger partial charge in [0, 0.05) is 5.69 Å². The third-order valence-corrected chi connectivity index (χ3v) is 5.17. The first-order valence-electron chi connectivity index (χ1n) is 8.91. The van der Waals surface area contributed by atoms with Crippen molar-refractivity contribution in [3.63, 3.8) is 0 Å². The van der Waals surface area contributed by atoms with Crippen molar-refractivity contribution < 1.29 is 13.2 Å². The van der Waals surface area contributed by atoms with Gasteiger partial charge in [0.05, 0.1) is 22.9 Å². The second-order valence-corrected chi connectivity index (χ2v) is 8.35. The Morgan fingerprint density at radius 3 is 2.29 bits per heavy atom. The second kappa shape index (κ2) is 8.31. The predicted molar refractivity (Wildman–Crippen MR) is 112 cm³/mol. The fraction of sp³-hybridized carbons (Fsp3) is 0.190. The molecule has 0 radical (unpaired) electrons. The average molecular weight is 398 g/mol. The predicted octanol–water partition coefficient (Wildman–Crippen LogP) is 4.72. The molecule has 3 rings (SSSR count). The number of aryl methyl sites for hydroxylation is 1. The number of aromatic nitrogens is 1. The van der Waals surface area contributed by atoms with Crippen molar-refractivity contribution in [2.75, 3.05) is 10.0 Å². The summed E-state index contributed by atoms with van der Waals surface area (Å²) in [5.74, 6) is 1.06. The minimum absolute atomic E-state index is 0.124. The molecule has 0 spiro atoms. The number of pyridine rings is 1. The molecule has 0 fully saturated rings. The molecule has 0 aliphatic carbocycles. The Morgan fingerprint density at radius 1 is 0.964 bits per heavy atom. The molecule has 0 unspecified atom stereocenters. The number of nitrogens with zero attached hydrogens (tertiary/aromatic N) is 1. The number of nitrogens with one attached hydrogen (secondary N) is 2. The van der Waals surface area contributed by atoms with E-state index in [2.05, 4.69) is 15.0 Å². The molecule has 0 saturated carbocycles. The molecular formula is C21H23N3O3S. The molecule has 0 amide bonds. The molecule has 0 aliphatic rings. The summed E-state index contributed by atoms with van der Waals surface area (Å²) in [5, 5.41) is 3.22. The van der Waals surface area contributed by atoms with Crippen molar-refractivity contribution in [1.29, 1.82) is 0 Å². The highest BCUT2D eigenvalue weighted by atomic mass is 32.2. The van der Waals surface area contributed by atoms with Crippen LogP contribution in [0.25, 0.3) is 0 Å². The van der Waals surface area contributed by atoms with E-state index in [1.807, 2.05) is 51.1 Å². The lowest BCUT2D eigenvalue weighted by molar-refractivity contribution is 0.242. The highest BCUT2D eigenvalue weighted by Gasteiger charge is 2.14. The topological polar surface area (TPSA) is 80.3 Å². The van der Waals surface area contributed by atoms with Gasteiger partial charge in [-0.25, -0.2) is 13.4 Å². The molecule has 1 heterocycles. The largest absolute Gasteiger partial charge is 0.491 e. The van der Waals surface area contributed by atoms with Crippen LogP contribution in [0.3, 0.4) is 0 Å². The Balaban J connectivity index is 1.66. The van der Waals surface area contributed by atoms with Crippen molar-refractivity contribution in [1.82, 2.24) is 4.98 Å². The van der Waals surface area contributed by atoms with E-state index >= 15 is 0 Å². The van der Waals surface area contributed by atoms with Gasteiger partial charge in [-0.05, 0) is 74.9 Å². The highest BCUT2D eigenvalue weighted by molar-refractivity contribution is 7.92. The molecule has 28 heavy (non-hydrogen) atoms. The van der Waals surface area contributed by atoms with Gasteiger partial charge in [-0.3, -0.25) is 4.72 Å². The van der Waals surface area contributed by atoms with Crippen LogP contribution in [0.5, 0.6) is 5.75 Å². The third kappa shape index (κ3) is 5.23. The van der Waals surface area contributed by atoms with Crippen molar-refractivity contribution in [3.05, 3.63) is 72.4 Å². The number of hydrogen-bond acceptors (Lipinski definition) is 5. The fourth-order valence-corrected chi connectivity index (χ4v) is 3.68. The standard InChI is InChI=1S/C21H23N3O3S/c1-15(2)27-19-10-7-17(8-11-19)23-18-9-12-21(22-14-18)24-28(25,26)20-6-4-5-16(3)13-20/h4-15,23H,1-3H3,(H,22,24). The van der Waals surface area contributed by atoms with Crippen molar-refractivity contribution in [2.45, 2.75) is 31.8 Å². The quantitative estimate of drug-likeness (QED) is 0.603. The first-order chi connectivity index (χ1) is 13.3. The Bertz CT molecular complexity index is 1030. The zero-order chi connectivity index (χ0) is 20.1. The minimum Gasteiger partial charge on any atom is -0.491 e. The zero-order valence-electron chi connectivity index (χ0n) is 16.0. The summed E-state index contributed by atoms with van der Waals surface area (Å²) in [6.45, 7) is 5.80. The number of benzene rings is 2. The summed E-state index contributed by atoms with van der Waals surface area (Å²) < 4.78 is 33.0. The molecule has 1 aromatic heterocycles. The number of sulfonamides is 1. The van der Waals surface area contributed by atoms with Gasteiger partial charge in [-0.1, -0.05) is 12.1 Å². The molecular weight excluding hydrogens is 374 g/mol. The molecule has 7 heteroatoms. The van der Waals surface area contributed by atoms with Gasteiger partial charge < -0.3 is 10.1 Å². The molecule has 0 bridgehead atoms. The van der Waals surface area contributed by atoms with Gasteiger partial charge in [0.1, 0.15) is 11.6 Å². The maximum absolute atomic E-state index is 12.5. The van der Waals surface area contributed by atoms with Gasteiger partial charge in [0.15, 0.2) is 0 Å². The molecule has 0 saturated heterocycles. The number of ether oxygens (including phenoxy) is 1. The Labute approximate surface area is 165 Å². The lowest BCUT2D eigenvalue weighted by Crippen LogP contribution is -2.14. The normalized spacial score (nSPS) is 11.3. The van der Waals surface area contributed by atoms with Gasteiger partial charge in [0.25, 0.3) is 10.0 Å². The van der Waals surface area contributed by atoms with Crippen LogP contribution in [0.2, 0.25) is 0 Å². The molecule has 146 valence electrons. The monoisotopic (exact) mass is 397 g/mol. The van der Waals surface area contributed by atoms with Crippen LogP contribution in [-0.4, -0.2) is 19.5 Å². The van der Waals surface area contributed by atoms with Crippen LogP contribution >= 0.6 is 0 Å². The fourth-order valence-electron chi connectivity index (χ4n) is 2.56. The van der Waals surface area contributed by atoms with E-state index in [1.54, 1.807) is 36.5 Å². The van der Waals surface area contributed by atoms with Crippen LogP contribution in [0.15, 0.2) is 71.8 Å². The summed E-state index contributed by atoms with van der Waals surface area (Å²) in [6.07, 6.45) is 1.70. The molecule has 2 N–H and O–H groups in total. The zero-order valence-corrected chi connectivity index (χ0v) is 16.8.